The second-order valence-corrected chi connectivity index (χ2v) is 14.7. The molecule has 2 aromatic carbocycles. The minimum absolute atomic E-state index is 0.0225. The van der Waals surface area contributed by atoms with Gasteiger partial charge in [0.15, 0.2) is 0 Å². The third kappa shape index (κ3) is 6.75. The van der Waals surface area contributed by atoms with Crippen LogP contribution in [-0.2, 0) is 27.8 Å². The fraction of sp³-hybridized carbons (Fsp3) is 0.562. The molecule has 41 heavy (non-hydrogen) atoms. The minimum atomic E-state index is -3.89. The van der Waals surface area contributed by atoms with E-state index in [1.807, 2.05) is 25.1 Å². The third-order valence-electron chi connectivity index (χ3n) is 9.62. The van der Waals surface area contributed by atoms with Crippen molar-refractivity contribution in [3.8, 4) is 5.75 Å². The number of hydrogen-bond donors (Lipinski definition) is 1. The smallest absolute Gasteiger partial charge is 0.264 e. The van der Waals surface area contributed by atoms with Crippen molar-refractivity contribution in [1.29, 1.82) is 0 Å². The van der Waals surface area contributed by atoms with Crippen molar-refractivity contribution >= 4 is 39.5 Å². The van der Waals surface area contributed by atoms with E-state index >= 15 is 0 Å². The molecule has 1 fully saturated rings. The Morgan fingerprint density at radius 1 is 1.00 bits per heavy atom. The number of sulfonamides is 1. The van der Waals surface area contributed by atoms with Crippen LogP contribution in [0.5, 0.6) is 5.75 Å². The molecule has 1 saturated carbocycles. The first kappa shape index (κ1) is 29.9. The van der Waals surface area contributed by atoms with Crippen LogP contribution in [0.15, 0.2) is 36.4 Å². The van der Waals surface area contributed by atoms with Crippen LogP contribution in [-0.4, -0.2) is 39.0 Å². The van der Waals surface area contributed by atoms with Crippen LogP contribution < -0.4 is 14.4 Å². The van der Waals surface area contributed by atoms with Gasteiger partial charge >= 0.3 is 0 Å². The number of fused-ring (bicyclic) bond motifs is 3. The molecule has 2 aliphatic heterocycles. The van der Waals surface area contributed by atoms with Gasteiger partial charge in [0.2, 0.25) is 10.0 Å². The average molecular weight is 601 g/mol. The van der Waals surface area contributed by atoms with Crippen molar-refractivity contribution in [2.75, 3.05) is 18.0 Å². The second kappa shape index (κ2) is 12.7. The monoisotopic (exact) mass is 600 g/mol. The van der Waals surface area contributed by atoms with Crippen molar-refractivity contribution in [1.82, 2.24) is 4.72 Å². The van der Waals surface area contributed by atoms with Gasteiger partial charge < -0.3 is 14.4 Å². The van der Waals surface area contributed by atoms with Gasteiger partial charge in [-0.3, -0.25) is 4.79 Å². The predicted octanol–water partition coefficient (Wildman–Crippen LogP) is 6.17. The third-order valence-corrected chi connectivity index (χ3v) is 11.8. The summed E-state index contributed by atoms with van der Waals surface area (Å²) in [5, 5.41) is -0.0288. The van der Waals surface area contributed by atoms with Gasteiger partial charge in [0.25, 0.3) is 5.91 Å². The molecule has 1 N–H and O–H groups in total. The maximum atomic E-state index is 13.3. The summed E-state index contributed by atoms with van der Waals surface area (Å²) in [5.74, 6) is 0.546. The molecule has 5 rings (SSSR count). The number of hydrogen-bond acceptors (Lipinski definition) is 6. The number of halogens is 1. The lowest BCUT2D eigenvalue weighted by Gasteiger charge is -2.43. The molecule has 0 spiro atoms. The molecule has 2 heterocycles. The summed E-state index contributed by atoms with van der Waals surface area (Å²) >= 11 is 6.30. The van der Waals surface area contributed by atoms with Gasteiger partial charge in [0, 0.05) is 29.6 Å². The van der Waals surface area contributed by atoms with E-state index < -0.39 is 21.2 Å². The van der Waals surface area contributed by atoms with Crippen molar-refractivity contribution < 1.29 is 22.7 Å². The SMILES string of the molecule is C[C@@H]1[C@@H](C)CCCC(C=O)[C@@H]2CC[C@H]2CN2CCCCc3cc(Cl)ccc3COc3ccc(cc32)C(=O)NS1(=O)=O. The normalized spacial score (nSPS) is 28.9. The molecule has 3 aliphatic rings. The molecule has 7 nitrogen and oxygen atoms in total. The van der Waals surface area contributed by atoms with Crippen LogP contribution in [0.1, 0.15) is 80.3 Å². The van der Waals surface area contributed by atoms with E-state index in [1.54, 1.807) is 25.1 Å². The Morgan fingerprint density at radius 2 is 1.83 bits per heavy atom. The maximum absolute atomic E-state index is 13.3. The number of nitrogens with zero attached hydrogens (tertiary/aromatic N) is 1. The summed E-state index contributed by atoms with van der Waals surface area (Å²) in [7, 11) is -3.89. The molecule has 1 unspecified atom stereocenters. The van der Waals surface area contributed by atoms with E-state index in [0.29, 0.717) is 35.6 Å². The Labute approximate surface area is 249 Å². The lowest BCUT2D eigenvalue weighted by atomic mass is 9.66. The fourth-order valence-corrected chi connectivity index (χ4v) is 8.13. The topological polar surface area (TPSA) is 92.8 Å². The summed E-state index contributed by atoms with van der Waals surface area (Å²) in [5.41, 5.74) is 3.32. The highest BCUT2D eigenvalue weighted by Crippen LogP contribution is 2.43. The zero-order valence-corrected chi connectivity index (χ0v) is 25.6. The van der Waals surface area contributed by atoms with Crippen LogP contribution >= 0.6 is 11.6 Å². The summed E-state index contributed by atoms with van der Waals surface area (Å²) in [6.07, 6.45) is 8.25. The highest BCUT2D eigenvalue weighted by atomic mass is 35.5. The van der Waals surface area contributed by atoms with Crippen LogP contribution in [0.25, 0.3) is 0 Å². The largest absolute Gasteiger partial charge is 0.487 e. The van der Waals surface area contributed by atoms with Gasteiger partial charge in [0.05, 0.1) is 10.9 Å². The Hall–Kier alpha value is -2.58. The van der Waals surface area contributed by atoms with E-state index in [2.05, 4.69) is 9.62 Å². The lowest BCUT2D eigenvalue weighted by Crippen LogP contribution is -2.43. The van der Waals surface area contributed by atoms with E-state index in [9.17, 15) is 18.0 Å². The Balaban J connectivity index is 1.54. The predicted molar refractivity (Wildman–Crippen MR) is 162 cm³/mol. The van der Waals surface area contributed by atoms with Crippen molar-refractivity contribution in [3.63, 3.8) is 0 Å². The van der Waals surface area contributed by atoms with E-state index in [4.69, 9.17) is 16.3 Å². The number of carbonyl (C=O) groups is 2. The number of ether oxygens (including phenoxy) is 1. The molecule has 0 aromatic heterocycles. The number of anilines is 1. The molecule has 9 heteroatoms. The summed E-state index contributed by atoms with van der Waals surface area (Å²) < 4.78 is 35.0. The average Bonchev–Trinajstić information content (AvgIpc) is 2.96. The maximum Gasteiger partial charge on any atom is 0.264 e. The number of carbonyl (C=O) groups excluding carboxylic acids is 2. The van der Waals surface area contributed by atoms with Gasteiger partial charge in [-0.05, 0) is 111 Å². The zero-order chi connectivity index (χ0) is 29.1. The quantitative estimate of drug-likeness (QED) is 0.394. The van der Waals surface area contributed by atoms with E-state index in [0.717, 1.165) is 75.6 Å². The number of nitrogens with one attached hydrogen (secondary N) is 1. The lowest BCUT2D eigenvalue weighted by molar-refractivity contribution is -0.115. The van der Waals surface area contributed by atoms with Crippen LogP contribution in [0, 0.1) is 23.7 Å². The first-order valence-electron chi connectivity index (χ1n) is 15.0. The molecular formula is C32H41ClN2O5S. The van der Waals surface area contributed by atoms with Gasteiger partial charge in [-0.2, -0.15) is 0 Å². The van der Waals surface area contributed by atoms with Crippen molar-refractivity contribution in [3.05, 3.63) is 58.1 Å². The van der Waals surface area contributed by atoms with E-state index in [-0.39, 0.29) is 17.4 Å². The van der Waals surface area contributed by atoms with Gasteiger partial charge in [-0.15, -0.1) is 0 Å². The molecule has 5 atom stereocenters. The fourth-order valence-electron chi connectivity index (χ4n) is 6.63. The molecule has 0 saturated heterocycles. The van der Waals surface area contributed by atoms with Crippen LogP contribution in [0.3, 0.4) is 0 Å². The van der Waals surface area contributed by atoms with Gasteiger partial charge in [-0.25, -0.2) is 13.1 Å². The standard InChI is InChI=1S/C32H41ClN2O5S/c1-21-6-5-8-26(19-36)29-13-10-25(29)18-35-15-4-3-7-23-16-28(33)12-9-27(23)20-40-31-14-11-24(17-30(31)35)32(37)34-41(38,39)22(21)2/h9,11-12,14,16-17,19,21-22,25-26,29H,3-8,10,13,15,18,20H2,1-2H3,(H,34,37)/t21-,22+,25-,26?,29+/m0/s1. The highest BCUT2D eigenvalue weighted by Gasteiger charge is 2.38. The first-order valence-corrected chi connectivity index (χ1v) is 16.9. The summed E-state index contributed by atoms with van der Waals surface area (Å²) in [6, 6.07) is 11.1. The molecule has 1 aliphatic carbocycles. The molecule has 1 amide bonds. The Morgan fingerprint density at radius 3 is 2.59 bits per heavy atom. The first-order chi connectivity index (χ1) is 19.7. The number of rotatable bonds is 1. The molecular weight excluding hydrogens is 560 g/mol. The van der Waals surface area contributed by atoms with Crippen molar-refractivity contribution in [2.45, 2.75) is 77.1 Å². The summed E-state index contributed by atoms with van der Waals surface area (Å²) in [4.78, 5) is 27.8. The van der Waals surface area contributed by atoms with Gasteiger partial charge in [-0.1, -0.05) is 31.0 Å². The van der Waals surface area contributed by atoms with Crippen LogP contribution in [0.2, 0.25) is 5.02 Å². The van der Waals surface area contributed by atoms with Gasteiger partial charge in [0.1, 0.15) is 18.6 Å². The second-order valence-electron chi connectivity index (χ2n) is 12.2. The number of aryl methyl sites for hydroxylation is 1. The molecule has 0 radical (unpaired) electrons. The summed E-state index contributed by atoms with van der Waals surface area (Å²) in [6.45, 7) is 5.45. The zero-order valence-electron chi connectivity index (χ0n) is 24.0. The molecule has 222 valence electrons. The minimum Gasteiger partial charge on any atom is -0.487 e. The Kier molecular flexibility index (Phi) is 9.29. The number of benzene rings is 2. The van der Waals surface area contributed by atoms with Crippen molar-refractivity contribution in [2.24, 2.45) is 23.7 Å². The number of aldehydes is 1. The highest BCUT2D eigenvalue weighted by molar-refractivity contribution is 7.90. The Bertz CT molecular complexity index is 1380. The molecule has 2 bridgehead atoms. The van der Waals surface area contributed by atoms with Crippen LogP contribution in [0.4, 0.5) is 5.69 Å². The van der Waals surface area contributed by atoms with E-state index in [1.165, 1.54) is 5.56 Å². The molecule has 2 aromatic rings. The number of amides is 1.